The van der Waals surface area contributed by atoms with Gasteiger partial charge in [0.2, 0.25) is 0 Å². The van der Waals surface area contributed by atoms with Crippen LogP contribution in [0.25, 0.3) is 16.8 Å². The zero-order chi connectivity index (χ0) is 19.5. The highest BCUT2D eigenvalue weighted by Gasteiger charge is 2.27. The lowest BCUT2D eigenvalue weighted by Crippen LogP contribution is -2.36. The molecule has 0 bridgehead atoms. The van der Waals surface area contributed by atoms with Gasteiger partial charge in [-0.1, -0.05) is 18.2 Å². The van der Waals surface area contributed by atoms with Crippen molar-refractivity contribution in [2.45, 2.75) is 6.42 Å². The second-order valence-electron chi connectivity index (χ2n) is 6.36. The van der Waals surface area contributed by atoms with Crippen LogP contribution in [0.5, 0.6) is 0 Å². The Balaban J connectivity index is 1.69. The summed E-state index contributed by atoms with van der Waals surface area (Å²) >= 11 is 0. The predicted molar refractivity (Wildman–Crippen MR) is 106 cm³/mol. The van der Waals surface area contributed by atoms with Crippen molar-refractivity contribution in [1.29, 1.82) is 5.26 Å². The average molecular weight is 368 g/mol. The summed E-state index contributed by atoms with van der Waals surface area (Å²) in [6.07, 6.45) is 3.76. The Kier molecular flexibility index (Phi) is 4.48. The van der Waals surface area contributed by atoms with Crippen molar-refractivity contribution in [2.75, 3.05) is 5.32 Å². The zero-order valence-corrected chi connectivity index (χ0v) is 14.8. The Hall–Kier alpha value is -4.11. The molecule has 2 aromatic carbocycles. The molecular formula is C22H16N4O2. The van der Waals surface area contributed by atoms with E-state index in [4.69, 9.17) is 5.26 Å². The van der Waals surface area contributed by atoms with Crippen LogP contribution in [0.4, 0.5) is 5.69 Å². The molecule has 0 aliphatic carbocycles. The molecule has 2 amide bonds. The van der Waals surface area contributed by atoms with Crippen LogP contribution >= 0.6 is 0 Å². The highest BCUT2D eigenvalue weighted by molar-refractivity contribution is 6.31. The molecule has 1 aliphatic heterocycles. The van der Waals surface area contributed by atoms with Crippen LogP contribution in [0.2, 0.25) is 0 Å². The summed E-state index contributed by atoms with van der Waals surface area (Å²) in [6.45, 7) is 0. The maximum atomic E-state index is 12.4. The average Bonchev–Trinajstić information content (AvgIpc) is 3.24. The first kappa shape index (κ1) is 17.3. The van der Waals surface area contributed by atoms with Gasteiger partial charge in [0.1, 0.15) is 0 Å². The third kappa shape index (κ3) is 3.29. The molecule has 6 heteroatoms. The Morgan fingerprint density at radius 1 is 1.00 bits per heavy atom. The number of aromatic amines is 1. The number of hydrogen-bond donors (Lipinski definition) is 3. The van der Waals surface area contributed by atoms with Crippen molar-refractivity contribution in [1.82, 2.24) is 10.3 Å². The molecule has 0 saturated heterocycles. The van der Waals surface area contributed by atoms with Gasteiger partial charge >= 0.3 is 0 Å². The van der Waals surface area contributed by atoms with E-state index in [0.717, 1.165) is 22.5 Å². The number of carbonyl (C=O) groups excluding carboxylic acids is 2. The minimum Gasteiger partial charge on any atom is -0.361 e. The smallest absolute Gasteiger partial charge is 0.260 e. The quantitative estimate of drug-likeness (QED) is 0.485. The minimum absolute atomic E-state index is 0.348. The standard InChI is InChI=1S/C22H16N4O2/c23-10-9-14-3-6-16(7-4-14)25-13-19-18-12-15(20-2-1-11-24-20)5-8-17(18)21(27)26-22(19)28/h1-8,11-13,24-25H,9H2,(H,26,27,28)/b19-13-. The summed E-state index contributed by atoms with van der Waals surface area (Å²) < 4.78 is 0. The van der Waals surface area contributed by atoms with Crippen molar-refractivity contribution in [3.63, 3.8) is 0 Å². The Bertz CT molecular complexity index is 1120. The molecule has 28 heavy (non-hydrogen) atoms. The number of nitriles is 1. The lowest BCUT2D eigenvalue weighted by molar-refractivity contribution is -0.114. The van der Waals surface area contributed by atoms with Crippen LogP contribution in [0.3, 0.4) is 0 Å². The number of carbonyl (C=O) groups is 2. The van der Waals surface area contributed by atoms with Gasteiger partial charge in [0, 0.05) is 34.9 Å². The molecule has 136 valence electrons. The number of amides is 2. The molecule has 0 fully saturated rings. The van der Waals surface area contributed by atoms with Gasteiger partial charge in [-0.15, -0.1) is 0 Å². The molecule has 3 aromatic rings. The van der Waals surface area contributed by atoms with Crippen LogP contribution in [0.1, 0.15) is 21.5 Å². The Labute approximate surface area is 161 Å². The normalized spacial score (nSPS) is 14.3. The van der Waals surface area contributed by atoms with Gasteiger partial charge in [-0.3, -0.25) is 14.9 Å². The van der Waals surface area contributed by atoms with E-state index in [-0.39, 0.29) is 0 Å². The van der Waals surface area contributed by atoms with Gasteiger partial charge in [-0.2, -0.15) is 5.26 Å². The third-order valence-electron chi connectivity index (χ3n) is 4.56. The molecule has 0 spiro atoms. The minimum atomic E-state index is -0.449. The molecule has 3 N–H and O–H groups in total. The molecule has 1 aliphatic rings. The first-order valence-electron chi connectivity index (χ1n) is 8.72. The van der Waals surface area contributed by atoms with Gasteiger partial charge in [0.25, 0.3) is 11.8 Å². The molecule has 0 atom stereocenters. The van der Waals surface area contributed by atoms with Gasteiger partial charge in [0.15, 0.2) is 0 Å². The largest absolute Gasteiger partial charge is 0.361 e. The topological polar surface area (TPSA) is 97.8 Å². The molecule has 0 unspecified atom stereocenters. The molecular weight excluding hydrogens is 352 g/mol. The fourth-order valence-electron chi connectivity index (χ4n) is 3.11. The van der Waals surface area contributed by atoms with E-state index in [1.54, 1.807) is 12.3 Å². The lowest BCUT2D eigenvalue weighted by atomic mass is 9.93. The monoisotopic (exact) mass is 368 g/mol. The van der Waals surface area contributed by atoms with E-state index in [2.05, 4.69) is 21.7 Å². The number of hydrogen-bond acceptors (Lipinski definition) is 4. The fraction of sp³-hybridized carbons (Fsp3) is 0.0455. The summed E-state index contributed by atoms with van der Waals surface area (Å²) in [4.78, 5) is 27.8. The summed E-state index contributed by atoms with van der Waals surface area (Å²) in [7, 11) is 0. The highest BCUT2D eigenvalue weighted by atomic mass is 16.2. The highest BCUT2D eigenvalue weighted by Crippen LogP contribution is 2.29. The zero-order valence-electron chi connectivity index (χ0n) is 14.8. The predicted octanol–water partition coefficient (Wildman–Crippen LogP) is 3.47. The number of aromatic nitrogens is 1. The van der Waals surface area contributed by atoms with Gasteiger partial charge in [-0.05, 0) is 47.5 Å². The summed E-state index contributed by atoms with van der Waals surface area (Å²) in [5.74, 6) is -0.856. The van der Waals surface area contributed by atoms with E-state index < -0.39 is 11.8 Å². The molecule has 6 nitrogen and oxygen atoms in total. The second-order valence-corrected chi connectivity index (χ2v) is 6.36. The number of nitrogens with one attached hydrogen (secondary N) is 3. The summed E-state index contributed by atoms with van der Waals surface area (Å²) in [5, 5.41) is 14.2. The van der Waals surface area contributed by atoms with Crippen molar-refractivity contribution >= 4 is 23.1 Å². The van der Waals surface area contributed by atoms with Crippen molar-refractivity contribution in [3.05, 3.63) is 83.7 Å². The SMILES string of the molecule is N#CCc1ccc(N/C=C2\C(=O)NC(=O)c3ccc(-c4ccc[nH]4)cc32)cc1. The summed E-state index contributed by atoms with van der Waals surface area (Å²) in [5.41, 5.74) is 4.90. The first-order valence-corrected chi connectivity index (χ1v) is 8.72. The number of benzene rings is 2. The van der Waals surface area contributed by atoms with Crippen molar-refractivity contribution in [3.8, 4) is 17.3 Å². The Morgan fingerprint density at radius 2 is 1.82 bits per heavy atom. The first-order chi connectivity index (χ1) is 13.7. The number of rotatable bonds is 4. The number of H-pyrrole nitrogens is 1. The van der Waals surface area contributed by atoms with Crippen molar-refractivity contribution < 1.29 is 9.59 Å². The Morgan fingerprint density at radius 3 is 2.54 bits per heavy atom. The molecule has 1 aromatic heterocycles. The van der Waals surface area contributed by atoms with Gasteiger partial charge in [-0.25, -0.2) is 0 Å². The maximum Gasteiger partial charge on any atom is 0.260 e. The number of nitrogens with zero attached hydrogens (tertiary/aromatic N) is 1. The van der Waals surface area contributed by atoms with Crippen molar-refractivity contribution in [2.24, 2.45) is 0 Å². The van der Waals surface area contributed by atoms with Crippen LogP contribution in [0, 0.1) is 11.3 Å². The maximum absolute atomic E-state index is 12.4. The van der Waals surface area contributed by atoms with E-state index in [9.17, 15) is 9.59 Å². The van der Waals surface area contributed by atoms with Crippen LogP contribution in [-0.2, 0) is 11.2 Å². The van der Waals surface area contributed by atoms with E-state index in [1.807, 2.05) is 54.7 Å². The van der Waals surface area contributed by atoms with Crippen LogP contribution in [-0.4, -0.2) is 16.8 Å². The van der Waals surface area contributed by atoms with E-state index in [0.29, 0.717) is 23.1 Å². The number of fused-ring (bicyclic) bond motifs is 1. The second kappa shape index (κ2) is 7.25. The lowest BCUT2D eigenvalue weighted by Gasteiger charge is -2.19. The van der Waals surface area contributed by atoms with Crippen LogP contribution in [0.15, 0.2) is 67.0 Å². The van der Waals surface area contributed by atoms with E-state index in [1.165, 1.54) is 0 Å². The third-order valence-corrected chi connectivity index (χ3v) is 4.56. The number of anilines is 1. The fourth-order valence-corrected chi connectivity index (χ4v) is 3.11. The van der Waals surface area contributed by atoms with Gasteiger partial charge in [0.05, 0.1) is 18.1 Å². The molecule has 2 heterocycles. The van der Waals surface area contributed by atoms with Gasteiger partial charge < -0.3 is 10.3 Å². The van der Waals surface area contributed by atoms with E-state index >= 15 is 0 Å². The summed E-state index contributed by atoms with van der Waals surface area (Å²) in [6, 6.07) is 18.7. The number of imide groups is 1. The van der Waals surface area contributed by atoms with Crippen LogP contribution < -0.4 is 10.6 Å². The molecule has 0 radical (unpaired) electrons. The molecule has 0 saturated carbocycles. The molecule has 4 rings (SSSR count).